The van der Waals surface area contributed by atoms with E-state index in [2.05, 4.69) is 5.32 Å². The molecule has 0 aromatic carbocycles. The summed E-state index contributed by atoms with van der Waals surface area (Å²) in [5.74, 6) is -0.275. The van der Waals surface area contributed by atoms with Gasteiger partial charge in [0.15, 0.2) is 0 Å². The molecule has 0 aromatic heterocycles. The van der Waals surface area contributed by atoms with Crippen LogP contribution in [0.4, 0.5) is 4.79 Å². The van der Waals surface area contributed by atoms with Crippen LogP contribution in [0.3, 0.4) is 0 Å². The molecule has 2 aliphatic heterocycles. The average molecular weight is 393 g/mol. The van der Waals surface area contributed by atoms with Gasteiger partial charge in [-0.15, -0.1) is 0 Å². The van der Waals surface area contributed by atoms with E-state index in [-0.39, 0.29) is 35.8 Å². The van der Waals surface area contributed by atoms with Crippen LogP contribution in [0, 0.1) is 11.3 Å². The number of carbonyl (C=O) groups is 2. The van der Waals surface area contributed by atoms with Gasteiger partial charge in [-0.05, 0) is 47.5 Å². The number of carbonyl (C=O) groups excluding carboxylic acids is 2. The first-order valence-electron chi connectivity index (χ1n) is 9.88. The number of hydrogen-bond acceptors (Lipinski definition) is 6. The fourth-order valence-electron chi connectivity index (χ4n) is 3.41. The van der Waals surface area contributed by atoms with E-state index >= 15 is 0 Å². The molecule has 28 heavy (non-hydrogen) atoms. The number of nitrogens with one attached hydrogen (secondary N) is 1. The molecule has 156 valence electrons. The van der Waals surface area contributed by atoms with Crippen LogP contribution < -0.4 is 5.32 Å². The molecule has 2 unspecified atom stereocenters. The van der Waals surface area contributed by atoms with E-state index in [4.69, 9.17) is 9.47 Å². The van der Waals surface area contributed by atoms with Crippen LogP contribution in [0.5, 0.6) is 0 Å². The third kappa shape index (κ3) is 6.41. The van der Waals surface area contributed by atoms with Crippen molar-refractivity contribution in [1.29, 1.82) is 5.26 Å². The van der Waals surface area contributed by atoms with Gasteiger partial charge in [-0.1, -0.05) is 0 Å². The minimum absolute atomic E-state index is 0.0437. The van der Waals surface area contributed by atoms with Crippen molar-refractivity contribution in [2.24, 2.45) is 0 Å². The van der Waals surface area contributed by atoms with Gasteiger partial charge in [-0.25, -0.2) is 4.79 Å². The van der Waals surface area contributed by atoms with Crippen molar-refractivity contribution >= 4 is 12.0 Å². The smallest absolute Gasteiger partial charge is 0.410 e. The Morgan fingerprint density at radius 3 is 2.21 bits per heavy atom. The van der Waals surface area contributed by atoms with Gasteiger partial charge >= 0.3 is 6.09 Å². The molecule has 0 bridgehead atoms. The third-order valence-corrected chi connectivity index (χ3v) is 4.67. The molecule has 2 fully saturated rings. The number of likely N-dealkylation sites (tertiary alicyclic amines) is 1. The number of ether oxygens (including phenoxy) is 2. The van der Waals surface area contributed by atoms with Crippen molar-refractivity contribution in [3.8, 4) is 6.07 Å². The summed E-state index contributed by atoms with van der Waals surface area (Å²) in [6.07, 6.45) is 2.59. The van der Waals surface area contributed by atoms with Crippen molar-refractivity contribution in [2.75, 3.05) is 26.2 Å². The van der Waals surface area contributed by atoms with Crippen LogP contribution in [0.2, 0.25) is 0 Å². The molecule has 0 radical (unpaired) electrons. The summed E-state index contributed by atoms with van der Waals surface area (Å²) in [5.41, 5.74) is -0.415. The highest BCUT2D eigenvalue weighted by atomic mass is 16.6. The number of piperidine rings is 1. The Bertz CT molecular complexity index is 632. The van der Waals surface area contributed by atoms with E-state index in [1.807, 2.05) is 40.7 Å². The van der Waals surface area contributed by atoms with Gasteiger partial charge in [0, 0.05) is 38.4 Å². The van der Waals surface area contributed by atoms with Gasteiger partial charge in [0.05, 0.1) is 12.2 Å². The zero-order valence-electron chi connectivity index (χ0n) is 17.5. The quantitative estimate of drug-likeness (QED) is 0.583. The Balaban J connectivity index is 1.86. The van der Waals surface area contributed by atoms with Gasteiger partial charge < -0.3 is 24.6 Å². The lowest BCUT2D eigenvalue weighted by Gasteiger charge is -2.35. The number of amides is 2. The molecular weight excluding hydrogens is 360 g/mol. The van der Waals surface area contributed by atoms with Crippen LogP contribution in [-0.4, -0.2) is 71.8 Å². The summed E-state index contributed by atoms with van der Waals surface area (Å²) >= 11 is 0. The summed E-state index contributed by atoms with van der Waals surface area (Å²) in [5, 5.41) is 12.6. The molecule has 0 saturated carbocycles. The van der Waals surface area contributed by atoms with Crippen LogP contribution in [0.1, 0.15) is 47.5 Å². The second-order valence-electron chi connectivity index (χ2n) is 8.55. The van der Waals surface area contributed by atoms with Gasteiger partial charge in [-0.3, -0.25) is 4.79 Å². The van der Waals surface area contributed by atoms with Crippen molar-refractivity contribution in [2.45, 2.75) is 71.3 Å². The van der Waals surface area contributed by atoms with E-state index in [1.165, 1.54) is 6.20 Å². The minimum Gasteiger partial charge on any atom is -0.444 e. The van der Waals surface area contributed by atoms with Crippen molar-refractivity contribution in [3.63, 3.8) is 0 Å². The van der Waals surface area contributed by atoms with Gasteiger partial charge in [0.1, 0.15) is 17.2 Å². The largest absolute Gasteiger partial charge is 0.444 e. The van der Waals surface area contributed by atoms with Gasteiger partial charge in [0.25, 0.3) is 5.91 Å². The maximum absolute atomic E-state index is 12.6. The standard InChI is InChI=1S/C20H32N4O4/c1-14-12-24(13-15(2)27-14)18(25)16(10-21)11-22-17-6-8-23(9-7-17)19(26)28-20(3,4)5/h11,14-15,17,22H,6-9,12-13H2,1-5H3/b16-11-. The highest BCUT2D eigenvalue weighted by Crippen LogP contribution is 2.16. The number of nitriles is 1. The van der Waals surface area contributed by atoms with E-state index in [0.29, 0.717) is 26.2 Å². The molecule has 2 heterocycles. The maximum Gasteiger partial charge on any atom is 0.410 e. The first-order chi connectivity index (χ1) is 13.1. The predicted molar refractivity (Wildman–Crippen MR) is 104 cm³/mol. The first kappa shape index (κ1) is 22.0. The normalized spacial score (nSPS) is 24.5. The van der Waals surface area contributed by atoms with E-state index in [1.54, 1.807) is 9.80 Å². The van der Waals surface area contributed by atoms with Gasteiger partial charge in [0.2, 0.25) is 0 Å². The van der Waals surface area contributed by atoms with Gasteiger partial charge in [-0.2, -0.15) is 5.26 Å². The van der Waals surface area contributed by atoms with E-state index < -0.39 is 5.60 Å². The number of rotatable bonds is 3. The molecule has 8 heteroatoms. The number of morpholine rings is 1. The van der Waals surface area contributed by atoms with Crippen molar-refractivity contribution in [3.05, 3.63) is 11.8 Å². The number of nitrogens with zero attached hydrogens (tertiary/aromatic N) is 3. The van der Waals surface area contributed by atoms with E-state index in [0.717, 1.165) is 12.8 Å². The SMILES string of the molecule is CC1CN(C(=O)/C(C#N)=C\NC2CCN(C(=O)OC(C)(C)C)CC2)CC(C)O1. The molecule has 2 atom stereocenters. The van der Waals surface area contributed by atoms with Crippen LogP contribution >= 0.6 is 0 Å². The Labute approximate surface area is 167 Å². The second kappa shape index (κ2) is 9.28. The average Bonchev–Trinajstić information content (AvgIpc) is 2.60. The fourth-order valence-corrected chi connectivity index (χ4v) is 3.41. The lowest BCUT2D eigenvalue weighted by Crippen LogP contribution is -2.49. The number of hydrogen-bond donors (Lipinski definition) is 1. The molecule has 2 amide bonds. The zero-order valence-corrected chi connectivity index (χ0v) is 17.5. The maximum atomic E-state index is 12.6. The lowest BCUT2D eigenvalue weighted by atomic mass is 10.1. The predicted octanol–water partition coefficient (Wildman–Crippen LogP) is 2.02. The van der Waals surface area contributed by atoms with Crippen LogP contribution in [0.25, 0.3) is 0 Å². The second-order valence-corrected chi connectivity index (χ2v) is 8.55. The first-order valence-corrected chi connectivity index (χ1v) is 9.88. The molecule has 2 aliphatic rings. The molecule has 2 saturated heterocycles. The summed E-state index contributed by atoms with van der Waals surface area (Å²) in [6.45, 7) is 11.5. The highest BCUT2D eigenvalue weighted by Gasteiger charge is 2.29. The van der Waals surface area contributed by atoms with Crippen molar-refractivity contribution in [1.82, 2.24) is 15.1 Å². The minimum atomic E-state index is -0.508. The van der Waals surface area contributed by atoms with Crippen molar-refractivity contribution < 1.29 is 19.1 Å². The zero-order chi connectivity index (χ0) is 20.9. The Kier molecular flexibility index (Phi) is 7.30. The molecule has 0 aromatic rings. The van der Waals surface area contributed by atoms with E-state index in [9.17, 15) is 14.9 Å². The van der Waals surface area contributed by atoms with Crippen LogP contribution in [-0.2, 0) is 14.3 Å². The Hall–Kier alpha value is -2.27. The molecule has 2 rings (SSSR count). The Morgan fingerprint density at radius 2 is 1.71 bits per heavy atom. The molecule has 0 aliphatic carbocycles. The summed E-state index contributed by atoms with van der Waals surface area (Å²) < 4.78 is 11.0. The molecule has 8 nitrogen and oxygen atoms in total. The third-order valence-electron chi connectivity index (χ3n) is 4.67. The summed E-state index contributed by atoms with van der Waals surface area (Å²) in [7, 11) is 0. The molecule has 1 N–H and O–H groups in total. The fraction of sp³-hybridized carbons (Fsp3) is 0.750. The topological polar surface area (TPSA) is 94.9 Å². The van der Waals surface area contributed by atoms with Crippen LogP contribution in [0.15, 0.2) is 11.8 Å². The Morgan fingerprint density at radius 1 is 1.14 bits per heavy atom. The monoisotopic (exact) mass is 392 g/mol. The summed E-state index contributed by atoms with van der Waals surface area (Å²) in [4.78, 5) is 28.1. The lowest BCUT2D eigenvalue weighted by molar-refractivity contribution is -0.138. The molecular formula is C20H32N4O4. The highest BCUT2D eigenvalue weighted by molar-refractivity contribution is 5.97. The summed E-state index contributed by atoms with van der Waals surface area (Å²) in [6, 6.07) is 2.11. The molecule has 0 spiro atoms.